The number of likely N-dealkylation sites (N-methyl/N-ethyl adjacent to an activating group) is 2. The molecule has 0 amide bonds. The van der Waals surface area contributed by atoms with E-state index in [9.17, 15) is 0 Å². The lowest BCUT2D eigenvalue weighted by atomic mass is 10.0. The van der Waals surface area contributed by atoms with Crippen LogP contribution in [0.3, 0.4) is 0 Å². The van der Waals surface area contributed by atoms with E-state index in [-0.39, 0.29) is 5.54 Å². The Kier molecular flexibility index (Phi) is 4.35. The van der Waals surface area contributed by atoms with Crippen molar-refractivity contribution in [1.82, 2.24) is 15.1 Å². The second-order valence-corrected chi connectivity index (χ2v) is 4.99. The molecule has 0 atom stereocenters. The average Bonchev–Trinajstić information content (AvgIpc) is 2.08. The van der Waals surface area contributed by atoms with Gasteiger partial charge in [0.25, 0.3) is 0 Å². The van der Waals surface area contributed by atoms with Crippen LogP contribution in [0.1, 0.15) is 20.8 Å². The fraction of sp³-hybridized carbons (Fsp3) is 1.00. The molecule has 0 aromatic carbocycles. The van der Waals surface area contributed by atoms with Crippen molar-refractivity contribution in [2.24, 2.45) is 0 Å². The third-order valence-corrected chi connectivity index (χ3v) is 2.87. The van der Waals surface area contributed by atoms with E-state index in [1.165, 1.54) is 26.2 Å². The highest BCUT2D eigenvalue weighted by Gasteiger charge is 2.22. The molecule has 1 rings (SSSR count). The number of nitrogens with one attached hydrogen (secondary N) is 1. The van der Waals surface area contributed by atoms with Gasteiger partial charge in [0.1, 0.15) is 0 Å². The summed E-state index contributed by atoms with van der Waals surface area (Å²) in [5.41, 5.74) is 0.255. The Morgan fingerprint density at radius 2 is 1.71 bits per heavy atom. The summed E-state index contributed by atoms with van der Waals surface area (Å²) in [6.07, 6.45) is 0. The summed E-state index contributed by atoms with van der Waals surface area (Å²) in [5, 5.41) is 3.53. The minimum Gasteiger partial charge on any atom is -0.311 e. The Labute approximate surface area is 88.5 Å². The summed E-state index contributed by atoms with van der Waals surface area (Å²) in [6, 6.07) is 0. The van der Waals surface area contributed by atoms with Crippen LogP contribution in [0.15, 0.2) is 0 Å². The molecule has 0 saturated carbocycles. The zero-order valence-electron chi connectivity index (χ0n) is 10.1. The van der Waals surface area contributed by atoms with Gasteiger partial charge in [0.05, 0.1) is 0 Å². The zero-order valence-corrected chi connectivity index (χ0v) is 10.1. The van der Waals surface area contributed by atoms with Crippen molar-refractivity contribution < 1.29 is 0 Å². The minimum atomic E-state index is 0.255. The van der Waals surface area contributed by atoms with Crippen molar-refractivity contribution in [3.63, 3.8) is 0 Å². The van der Waals surface area contributed by atoms with Gasteiger partial charge in [-0.1, -0.05) is 6.92 Å². The summed E-state index contributed by atoms with van der Waals surface area (Å²) in [7, 11) is 2.20. The maximum Gasteiger partial charge on any atom is 0.0252 e. The predicted octanol–water partition coefficient (Wildman–Crippen LogP) is 0.622. The Hall–Kier alpha value is -0.120. The highest BCUT2D eigenvalue weighted by Crippen LogP contribution is 2.07. The van der Waals surface area contributed by atoms with Gasteiger partial charge in [-0.15, -0.1) is 0 Å². The molecule has 84 valence electrons. The minimum absolute atomic E-state index is 0.255. The van der Waals surface area contributed by atoms with Crippen LogP contribution < -0.4 is 5.32 Å². The summed E-state index contributed by atoms with van der Waals surface area (Å²) in [4.78, 5) is 4.96. The highest BCUT2D eigenvalue weighted by atomic mass is 15.3. The topological polar surface area (TPSA) is 18.5 Å². The molecule has 1 fully saturated rings. The van der Waals surface area contributed by atoms with Crippen LogP contribution >= 0.6 is 0 Å². The van der Waals surface area contributed by atoms with Crippen molar-refractivity contribution in [1.29, 1.82) is 0 Å². The smallest absolute Gasteiger partial charge is 0.0252 e. The second-order valence-electron chi connectivity index (χ2n) is 4.99. The van der Waals surface area contributed by atoms with E-state index in [1.807, 2.05) is 0 Å². The van der Waals surface area contributed by atoms with E-state index in [0.717, 1.165) is 13.1 Å². The quantitative estimate of drug-likeness (QED) is 0.716. The molecule has 3 heteroatoms. The molecule has 1 N–H and O–H groups in total. The molecular formula is C11H25N3. The third kappa shape index (κ3) is 3.95. The molecular weight excluding hydrogens is 174 g/mol. The lowest BCUT2D eigenvalue weighted by Crippen LogP contribution is -2.53. The molecule has 1 aliphatic rings. The van der Waals surface area contributed by atoms with Gasteiger partial charge < -0.3 is 10.2 Å². The first-order valence-corrected chi connectivity index (χ1v) is 5.69. The number of rotatable bonds is 4. The molecule has 0 unspecified atom stereocenters. The molecule has 1 heterocycles. The first-order valence-electron chi connectivity index (χ1n) is 5.69. The van der Waals surface area contributed by atoms with Crippen LogP contribution in [-0.4, -0.2) is 61.7 Å². The monoisotopic (exact) mass is 199 g/mol. The lowest BCUT2D eigenvalue weighted by Gasteiger charge is -2.38. The molecule has 14 heavy (non-hydrogen) atoms. The van der Waals surface area contributed by atoms with Gasteiger partial charge in [-0.25, -0.2) is 0 Å². The fourth-order valence-electron chi connectivity index (χ4n) is 2.10. The summed E-state index contributed by atoms with van der Waals surface area (Å²) in [5.74, 6) is 0. The predicted molar refractivity (Wildman–Crippen MR) is 61.7 cm³/mol. The normalized spacial score (nSPS) is 21.4. The van der Waals surface area contributed by atoms with Crippen LogP contribution in [0.2, 0.25) is 0 Å². The number of hydrogen-bond donors (Lipinski definition) is 1. The Bertz CT molecular complexity index is 160. The molecule has 1 saturated heterocycles. The Morgan fingerprint density at radius 3 is 2.21 bits per heavy atom. The fourth-order valence-corrected chi connectivity index (χ4v) is 2.10. The van der Waals surface area contributed by atoms with Gasteiger partial charge in [0.15, 0.2) is 0 Å². The van der Waals surface area contributed by atoms with Crippen LogP contribution in [0.5, 0.6) is 0 Å². The van der Waals surface area contributed by atoms with Gasteiger partial charge in [-0.2, -0.15) is 0 Å². The van der Waals surface area contributed by atoms with E-state index in [1.54, 1.807) is 0 Å². The van der Waals surface area contributed by atoms with Crippen LogP contribution in [-0.2, 0) is 0 Å². The van der Waals surface area contributed by atoms with Crippen LogP contribution in [0.25, 0.3) is 0 Å². The lowest BCUT2D eigenvalue weighted by molar-refractivity contribution is 0.125. The van der Waals surface area contributed by atoms with Crippen molar-refractivity contribution in [2.45, 2.75) is 26.3 Å². The first kappa shape index (κ1) is 12.0. The van der Waals surface area contributed by atoms with Crippen LogP contribution in [0.4, 0.5) is 0 Å². The molecule has 0 spiro atoms. The van der Waals surface area contributed by atoms with Crippen molar-refractivity contribution in [3.05, 3.63) is 0 Å². The molecule has 0 aromatic heterocycles. The average molecular weight is 199 g/mol. The van der Waals surface area contributed by atoms with E-state index in [4.69, 9.17) is 0 Å². The molecule has 1 aliphatic heterocycles. The SMILES string of the molecule is CCNC(C)(C)CN1CCN(C)CC1. The number of nitrogens with zero attached hydrogens (tertiary/aromatic N) is 2. The van der Waals surface area contributed by atoms with E-state index in [0.29, 0.717) is 0 Å². The largest absolute Gasteiger partial charge is 0.311 e. The first-order chi connectivity index (χ1) is 6.53. The molecule has 3 nitrogen and oxygen atoms in total. The van der Waals surface area contributed by atoms with Crippen molar-refractivity contribution in [2.75, 3.05) is 46.3 Å². The van der Waals surface area contributed by atoms with Crippen molar-refractivity contribution >= 4 is 0 Å². The van der Waals surface area contributed by atoms with Gasteiger partial charge in [-0.3, -0.25) is 4.90 Å². The van der Waals surface area contributed by atoms with Crippen LogP contribution in [0, 0.1) is 0 Å². The van der Waals surface area contributed by atoms with E-state index >= 15 is 0 Å². The van der Waals surface area contributed by atoms with Crippen molar-refractivity contribution in [3.8, 4) is 0 Å². The van der Waals surface area contributed by atoms with Gasteiger partial charge in [0.2, 0.25) is 0 Å². The van der Waals surface area contributed by atoms with E-state index in [2.05, 4.69) is 42.9 Å². The summed E-state index contributed by atoms with van der Waals surface area (Å²) < 4.78 is 0. The molecule has 0 radical (unpaired) electrons. The van der Waals surface area contributed by atoms with Gasteiger partial charge in [-0.05, 0) is 27.4 Å². The Balaban J connectivity index is 2.29. The maximum atomic E-state index is 3.53. The highest BCUT2D eigenvalue weighted by molar-refractivity contribution is 4.83. The van der Waals surface area contributed by atoms with Gasteiger partial charge in [0, 0.05) is 38.3 Å². The zero-order chi connectivity index (χ0) is 10.6. The molecule has 0 bridgehead atoms. The second kappa shape index (κ2) is 5.10. The molecule has 0 aliphatic carbocycles. The number of hydrogen-bond acceptors (Lipinski definition) is 3. The molecule has 0 aromatic rings. The summed E-state index contributed by atoms with van der Waals surface area (Å²) in [6.45, 7) is 13.8. The Morgan fingerprint density at radius 1 is 1.14 bits per heavy atom. The maximum absolute atomic E-state index is 3.53. The third-order valence-electron chi connectivity index (χ3n) is 2.87. The van der Waals surface area contributed by atoms with E-state index < -0.39 is 0 Å². The number of piperazine rings is 1. The van der Waals surface area contributed by atoms with Gasteiger partial charge >= 0.3 is 0 Å². The summed E-state index contributed by atoms with van der Waals surface area (Å²) >= 11 is 0. The standard InChI is InChI=1S/C11H25N3/c1-5-12-11(2,3)10-14-8-6-13(4)7-9-14/h12H,5-10H2,1-4H3.